The Kier molecular flexibility index (Phi) is 9.54. The fourth-order valence-corrected chi connectivity index (χ4v) is 3.45. The van der Waals surface area contributed by atoms with E-state index in [1.807, 2.05) is 0 Å². The van der Waals surface area contributed by atoms with Crippen molar-refractivity contribution in [2.24, 2.45) is 5.41 Å². The maximum atomic E-state index is 3.49. The van der Waals surface area contributed by atoms with Crippen LogP contribution in [0.4, 0.5) is 0 Å². The van der Waals surface area contributed by atoms with Gasteiger partial charge in [0, 0.05) is 0 Å². The SMILES string of the molecule is CCCNCCCCCCN1CCC(CC)(CC)CC1. The Bertz CT molecular complexity index is 213. The van der Waals surface area contributed by atoms with E-state index >= 15 is 0 Å². The van der Waals surface area contributed by atoms with Gasteiger partial charge in [-0.3, -0.25) is 0 Å². The predicted molar refractivity (Wildman–Crippen MR) is 90.3 cm³/mol. The van der Waals surface area contributed by atoms with Crippen LogP contribution in [0.25, 0.3) is 0 Å². The van der Waals surface area contributed by atoms with Gasteiger partial charge in [0.25, 0.3) is 0 Å². The number of likely N-dealkylation sites (tertiary alicyclic amines) is 1. The van der Waals surface area contributed by atoms with Crippen molar-refractivity contribution in [3.63, 3.8) is 0 Å². The maximum Gasteiger partial charge on any atom is -0.00134 e. The smallest absolute Gasteiger partial charge is 0.00134 e. The van der Waals surface area contributed by atoms with E-state index < -0.39 is 0 Å². The molecule has 2 heteroatoms. The van der Waals surface area contributed by atoms with E-state index in [-0.39, 0.29) is 0 Å². The van der Waals surface area contributed by atoms with Gasteiger partial charge >= 0.3 is 0 Å². The van der Waals surface area contributed by atoms with Crippen molar-refractivity contribution in [2.75, 3.05) is 32.7 Å². The Morgan fingerprint density at radius 1 is 0.850 bits per heavy atom. The summed E-state index contributed by atoms with van der Waals surface area (Å²) in [7, 11) is 0. The zero-order chi connectivity index (χ0) is 14.7. The fraction of sp³-hybridized carbons (Fsp3) is 1.00. The lowest BCUT2D eigenvalue weighted by Crippen LogP contribution is -2.39. The summed E-state index contributed by atoms with van der Waals surface area (Å²) in [6.07, 6.45) is 12.4. The van der Waals surface area contributed by atoms with Crippen molar-refractivity contribution in [3.05, 3.63) is 0 Å². The molecule has 0 amide bonds. The predicted octanol–water partition coefficient (Wildman–Crippen LogP) is 4.45. The summed E-state index contributed by atoms with van der Waals surface area (Å²) >= 11 is 0. The molecule has 0 bridgehead atoms. The largest absolute Gasteiger partial charge is 0.317 e. The van der Waals surface area contributed by atoms with Crippen LogP contribution in [0.3, 0.4) is 0 Å². The molecule has 1 heterocycles. The Morgan fingerprint density at radius 2 is 1.50 bits per heavy atom. The first-order valence-corrected chi connectivity index (χ1v) is 9.19. The number of hydrogen-bond acceptors (Lipinski definition) is 2. The normalized spacial score (nSPS) is 19.4. The van der Waals surface area contributed by atoms with Crippen LogP contribution in [0.1, 0.15) is 78.6 Å². The van der Waals surface area contributed by atoms with Gasteiger partial charge in [0.2, 0.25) is 0 Å². The molecule has 0 saturated carbocycles. The van der Waals surface area contributed by atoms with E-state index in [2.05, 4.69) is 31.0 Å². The molecule has 0 aliphatic carbocycles. The van der Waals surface area contributed by atoms with Crippen LogP contribution in [0.2, 0.25) is 0 Å². The molecule has 0 unspecified atom stereocenters. The van der Waals surface area contributed by atoms with E-state index in [0.29, 0.717) is 5.41 Å². The molecule has 0 radical (unpaired) electrons. The van der Waals surface area contributed by atoms with Gasteiger partial charge in [-0.1, -0.05) is 46.5 Å². The minimum atomic E-state index is 0.682. The second-order valence-electron chi connectivity index (χ2n) is 6.71. The molecule has 1 fully saturated rings. The molecule has 1 aliphatic rings. The van der Waals surface area contributed by atoms with Gasteiger partial charge in [-0.25, -0.2) is 0 Å². The summed E-state index contributed by atoms with van der Waals surface area (Å²) < 4.78 is 0. The zero-order valence-electron chi connectivity index (χ0n) is 14.3. The number of piperidine rings is 1. The van der Waals surface area contributed by atoms with Gasteiger partial charge in [0.15, 0.2) is 0 Å². The van der Waals surface area contributed by atoms with Crippen LogP contribution in [0.5, 0.6) is 0 Å². The first-order chi connectivity index (χ1) is 9.76. The minimum absolute atomic E-state index is 0.682. The molecule has 1 aliphatic heterocycles. The van der Waals surface area contributed by atoms with Crippen LogP contribution >= 0.6 is 0 Å². The van der Waals surface area contributed by atoms with E-state index in [1.165, 1.54) is 90.5 Å². The number of hydrogen-bond donors (Lipinski definition) is 1. The lowest BCUT2D eigenvalue weighted by atomic mass is 9.74. The van der Waals surface area contributed by atoms with E-state index in [0.717, 1.165) is 0 Å². The summed E-state index contributed by atoms with van der Waals surface area (Å²) in [5, 5.41) is 3.49. The second kappa shape index (κ2) is 10.6. The molecule has 2 nitrogen and oxygen atoms in total. The van der Waals surface area contributed by atoms with Crippen molar-refractivity contribution in [1.29, 1.82) is 0 Å². The molecular formula is C18H38N2. The highest BCUT2D eigenvalue weighted by atomic mass is 15.1. The van der Waals surface area contributed by atoms with Crippen molar-refractivity contribution in [3.8, 4) is 0 Å². The van der Waals surface area contributed by atoms with Crippen molar-refractivity contribution >= 4 is 0 Å². The van der Waals surface area contributed by atoms with Gasteiger partial charge in [0.1, 0.15) is 0 Å². The molecule has 120 valence electrons. The van der Waals surface area contributed by atoms with Crippen molar-refractivity contribution in [1.82, 2.24) is 10.2 Å². The molecule has 0 aromatic carbocycles. The molecule has 1 N–H and O–H groups in total. The Hall–Kier alpha value is -0.0800. The number of unbranched alkanes of at least 4 members (excludes halogenated alkanes) is 3. The van der Waals surface area contributed by atoms with Crippen LogP contribution in [-0.4, -0.2) is 37.6 Å². The summed E-state index contributed by atoms with van der Waals surface area (Å²) in [5.41, 5.74) is 0.682. The van der Waals surface area contributed by atoms with Gasteiger partial charge < -0.3 is 10.2 Å². The van der Waals surface area contributed by atoms with Gasteiger partial charge in [-0.15, -0.1) is 0 Å². The van der Waals surface area contributed by atoms with E-state index in [1.54, 1.807) is 0 Å². The average molecular weight is 283 g/mol. The third-order valence-corrected chi connectivity index (χ3v) is 5.42. The maximum absolute atomic E-state index is 3.49. The molecular weight excluding hydrogens is 244 g/mol. The topological polar surface area (TPSA) is 15.3 Å². The van der Waals surface area contributed by atoms with Gasteiger partial charge in [-0.05, 0) is 70.2 Å². The zero-order valence-corrected chi connectivity index (χ0v) is 14.3. The monoisotopic (exact) mass is 282 g/mol. The van der Waals surface area contributed by atoms with Crippen LogP contribution in [0.15, 0.2) is 0 Å². The Balaban J connectivity index is 1.96. The second-order valence-corrected chi connectivity index (χ2v) is 6.71. The Labute approximate surface area is 127 Å². The quantitative estimate of drug-likeness (QED) is 0.563. The molecule has 0 atom stereocenters. The van der Waals surface area contributed by atoms with Crippen LogP contribution < -0.4 is 5.32 Å². The lowest BCUT2D eigenvalue weighted by molar-refractivity contribution is 0.0942. The van der Waals surface area contributed by atoms with Crippen molar-refractivity contribution in [2.45, 2.75) is 78.6 Å². The summed E-state index contributed by atoms with van der Waals surface area (Å²) in [4.78, 5) is 2.71. The van der Waals surface area contributed by atoms with Gasteiger partial charge in [-0.2, -0.15) is 0 Å². The van der Waals surface area contributed by atoms with Crippen LogP contribution in [0, 0.1) is 5.41 Å². The highest BCUT2D eigenvalue weighted by Gasteiger charge is 2.30. The number of nitrogens with zero attached hydrogens (tertiary/aromatic N) is 1. The molecule has 0 aromatic rings. The molecule has 20 heavy (non-hydrogen) atoms. The van der Waals surface area contributed by atoms with E-state index in [9.17, 15) is 0 Å². The third-order valence-electron chi connectivity index (χ3n) is 5.42. The average Bonchev–Trinajstić information content (AvgIpc) is 2.51. The molecule has 1 rings (SSSR count). The number of rotatable bonds is 11. The first kappa shape index (κ1) is 18.0. The Morgan fingerprint density at radius 3 is 2.10 bits per heavy atom. The van der Waals surface area contributed by atoms with Crippen LogP contribution in [-0.2, 0) is 0 Å². The third kappa shape index (κ3) is 6.58. The van der Waals surface area contributed by atoms with Crippen molar-refractivity contribution < 1.29 is 0 Å². The standard InChI is InChI=1S/C18H38N2/c1-4-13-19-14-9-7-8-10-15-20-16-11-18(5-2,6-3)12-17-20/h19H,4-17H2,1-3H3. The summed E-state index contributed by atoms with van der Waals surface area (Å²) in [5.74, 6) is 0. The van der Waals surface area contributed by atoms with Gasteiger partial charge in [0.05, 0.1) is 0 Å². The molecule has 1 saturated heterocycles. The summed E-state index contributed by atoms with van der Waals surface area (Å²) in [6, 6.07) is 0. The summed E-state index contributed by atoms with van der Waals surface area (Å²) in [6.45, 7) is 13.4. The highest BCUT2D eigenvalue weighted by Crippen LogP contribution is 2.37. The highest BCUT2D eigenvalue weighted by molar-refractivity contribution is 4.83. The minimum Gasteiger partial charge on any atom is -0.317 e. The number of nitrogens with one attached hydrogen (secondary N) is 1. The lowest BCUT2D eigenvalue weighted by Gasteiger charge is -2.41. The first-order valence-electron chi connectivity index (χ1n) is 9.19. The fourth-order valence-electron chi connectivity index (χ4n) is 3.45. The molecule has 0 aromatic heterocycles. The molecule has 0 spiro atoms. The van der Waals surface area contributed by atoms with E-state index in [4.69, 9.17) is 0 Å².